The van der Waals surface area contributed by atoms with E-state index in [0.29, 0.717) is 27.7 Å². The van der Waals surface area contributed by atoms with Crippen molar-refractivity contribution >= 4 is 22.9 Å². The van der Waals surface area contributed by atoms with Crippen LogP contribution in [0.4, 0.5) is 4.39 Å². The third-order valence-electron chi connectivity index (χ3n) is 2.24. The molecule has 0 aliphatic carbocycles. The molecule has 0 saturated carbocycles. The van der Waals surface area contributed by atoms with Gasteiger partial charge in [0.15, 0.2) is 0 Å². The number of aromatic nitrogens is 1. The zero-order chi connectivity index (χ0) is 11.7. The second kappa shape index (κ2) is 4.49. The molecule has 0 fully saturated rings. The zero-order valence-electron chi connectivity index (χ0n) is 8.63. The highest BCUT2D eigenvalue weighted by Gasteiger charge is 2.11. The number of aryl methyl sites for hydroxylation is 1. The van der Waals surface area contributed by atoms with E-state index in [1.807, 2.05) is 5.38 Å². The number of rotatable bonds is 2. The Labute approximate surface area is 102 Å². The Morgan fingerprint density at radius 3 is 2.88 bits per heavy atom. The Morgan fingerprint density at radius 2 is 2.25 bits per heavy atom. The first-order valence-electron chi connectivity index (χ1n) is 4.72. The van der Waals surface area contributed by atoms with Crippen LogP contribution in [0.1, 0.15) is 11.3 Å². The Hall–Kier alpha value is -0.970. The van der Waals surface area contributed by atoms with Crippen LogP contribution >= 0.6 is 22.9 Å². The van der Waals surface area contributed by atoms with Crippen molar-refractivity contribution in [1.82, 2.24) is 4.98 Å². The minimum Gasteiger partial charge on any atom is -0.325 e. The molecule has 0 saturated heterocycles. The normalized spacial score (nSPS) is 10.8. The van der Waals surface area contributed by atoms with Crippen LogP contribution in [0.2, 0.25) is 5.02 Å². The largest absolute Gasteiger partial charge is 0.325 e. The fraction of sp³-hybridized carbons (Fsp3) is 0.182. The van der Waals surface area contributed by atoms with Crippen LogP contribution in [0, 0.1) is 12.7 Å². The lowest BCUT2D eigenvalue weighted by Gasteiger charge is -2.03. The number of thiazole rings is 1. The van der Waals surface area contributed by atoms with Crippen molar-refractivity contribution in [1.29, 1.82) is 0 Å². The summed E-state index contributed by atoms with van der Waals surface area (Å²) in [7, 11) is 0. The SMILES string of the molecule is Cc1cc(Cl)c(-c2nc(CN)cs2)cc1F. The smallest absolute Gasteiger partial charge is 0.126 e. The molecular formula is C11H10ClFN2S. The van der Waals surface area contributed by atoms with Gasteiger partial charge in [0.25, 0.3) is 0 Å². The van der Waals surface area contributed by atoms with Crippen molar-refractivity contribution in [3.05, 3.63) is 39.6 Å². The van der Waals surface area contributed by atoms with E-state index >= 15 is 0 Å². The highest BCUT2D eigenvalue weighted by atomic mass is 35.5. The molecule has 1 heterocycles. The Bertz CT molecular complexity index is 525. The molecule has 0 radical (unpaired) electrons. The molecule has 0 aliphatic rings. The molecule has 0 bridgehead atoms. The van der Waals surface area contributed by atoms with Crippen LogP contribution in [-0.2, 0) is 6.54 Å². The molecule has 0 amide bonds. The van der Waals surface area contributed by atoms with Crippen molar-refractivity contribution < 1.29 is 4.39 Å². The first kappa shape index (κ1) is 11.5. The first-order chi connectivity index (χ1) is 7.61. The summed E-state index contributed by atoms with van der Waals surface area (Å²) < 4.78 is 13.4. The van der Waals surface area contributed by atoms with E-state index in [1.165, 1.54) is 17.4 Å². The second-order valence-corrected chi connectivity index (χ2v) is 4.69. The van der Waals surface area contributed by atoms with Crippen LogP contribution < -0.4 is 5.73 Å². The summed E-state index contributed by atoms with van der Waals surface area (Å²) in [6.45, 7) is 2.06. The fourth-order valence-electron chi connectivity index (χ4n) is 1.33. The van der Waals surface area contributed by atoms with Gasteiger partial charge in [-0.15, -0.1) is 11.3 Å². The van der Waals surface area contributed by atoms with E-state index < -0.39 is 0 Å². The molecule has 0 atom stereocenters. The molecule has 2 N–H and O–H groups in total. The third kappa shape index (κ3) is 2.09. The van der Waals surface area contributed by atoms with Crippen molar-refractivity contribution in [2.45, 2.75) is 13.5 Å². The first-order valence-corrected chi connectivity index (χ1v) is 5.98. The number of hydrogen-bond donors (Lipinski definition) is 1. The van der Waals surface area contributed by atoms with Gasteiger partial charge in [-0.2, -0.15) is 0 Å². The summed E-state index contributed by atoms with van der Waals surface area (Å²) in [5.41, 5.74) is 7.41. The van der Waals surface area contributed by atoms with Crippen LogP contribution in [0.15, 0.2) is 17.5 Å². The van der Waals surface area contributed by atoms with Crippen molar-refractivity contribution in [2.24, 2.45) is 5.73 Å². The average Bonchev–Trinajstić information content (AvgIpc) is 2.71. The van der Waals surface area contributed by atoms with E-state index in [0.717, 1.165) is 5.69 Å². The molecule has 5 heteroatoms. The molecule has 2 aromatic rings. The predicted octanol–water partition coefficient (Wildman–Crippen LogP) is 3.37. The lowest BCUT2D eigenvalue weighted by molar-refractivity contribution is 0.619. The third-order valence-corrected chi connectivity index (χ3v) is 3.48. The minimum absolute atomic E-state index is 0.274. The van der Waals surface area contributed by atoms with Gasteiger partial charge in [0.2, 0.25) is 0 Å². The fourth-order valence-corrected chi connectivity index (χ4v) is 2.56. The molecule has 0 aliphatic heterocycles. The Kier molecular flexibility index (Phi) is 3.23. The highest BCUT2D eigenvalue weighted by molar-refractivity contribution is 7.13. The topological polar surface area (TPSA) is 38.9 Å². The van der Waals surface area contributed by atoms with E-state index in [2.05, 4.69) is 4.98 Å². The summed E-state index contributed by atoms with van der Waals surface area (Å²) in [4.78, 5) is 4.27. The van der Waals surface area contributed by atoms with E-state index in [-0.39, 0.29) is 5.82 Å². The van der Waals surface area contributed by atoms with Crippen molar-refractivity contribution in [2.75, 3.05) is 0 Å². The van der Waals surface area contributed by atoms with Gasteiger partial charge in [-0.25, -0.2) is 9.37 Å². The van der Waals surface area contributed by atoms with Crippen LogP contribution in [0.5, 0.6) is 0 Å². The molecule has 0 spiro atoms. The summed E-state index contributed by atoms with van der Waals surface area (Å²) in [5, 5.41) is 3.06. The van der Waals surface area contributed by atoms with Crippen molar-refractivity contribution in [3.8, 4) is 10.6 Å². The predicted molar refractivity (Wildman–Crippen MR) is 65.1 cm³/mol. The van der Waals surface area contributed by atoms with Gasteiger partial charge in [0, 0.05) is 17.5 Å². The van der Waals surface area contributed by atoms with E-state index in [1.54, 1.807) is 13.0 Å². The molecule has 0 unspecified atom stereocenters. The molecule has 2 nitrogen and oxygen atoms in total. The van der Waals surface area contributed by atoms with Gasteiger partial charge in [-0.1, -0.05) is 11.6 Å². The standard InChI is InChI=1S/C11H10ClFN2S/c1-6-2-9(12)8(3-10(6)13)11-15-7(4-14)5-16-11/h2-3,5H,4,14H2,1H3. The number of nitrogens with two attached hydrogens (primary N) is 1. The van der Waals surface area contributed by atoms with E-state index in [4.69, 9.17) is 17.3 Å². The number of hydrogen-bond acceptors (Lipinski definition) is 3. The molecule has 84 valence electrons. The summed E-state index contributed by atoms with van der Waals surface area (Å²) in [6.07, 6.45) is 0. The maximum atomic E-state index is 13.4. The van der Waals surface area contributed by atoms with Crippen LogP contribution in [0.3, 0.4) is 0 Å². The zero-order valence-corrected chi connectivity index (χ0v) is 10.2. The van der Waals surface area contributed by atoms with Gasteiger partial charge in [0.1, 0.15) is 10.8 Å². The highest BCUT2D eigenvalue weighted by Crippen LogP contribution is 2.32. The van der Waals surface area contributed by atoms with Gasteiger partial charge >= 0.3 is 0 Å². The Balaban J connectivity index is 2.51. The van der Waals surface area contributed by atoms with Crippen LogP contribution in [-0.4, -0.2) is 4.98 Å². The summed E-state index contributed by atoms with van der Waals surface area (Å²) in [6, 6.07) is 3.02. The van der Waals surface area contributed by atoms with Gasteiger partial charge in [0.05, 0.1) is 10.7 Å². The summed E-state index contributed by atoms with van der Waals surface area (Å²) >= 11 is 7.47. The number of halogens is 2. The maximum absolute atomic E-state index is 13.4. The minimum atomic E-state index is -0.274. The number of nitrogens with zero attached hydrogens (tertiary/aromatic N) is 1. The number of benzene rings is 1. The van der Waals surface area contributed by atoms with Crippen molar-refractivity contribution in [3.63, 3.8) is 0 Å². The van der Waals surface area contributed by atoms with Gasteiger partial charge < -0.3 is 5.73 Å². The second-order valence-electron chi connectivity index (χ2n) is 3.43. The molecule has 1 aromatic carbocycles. The van der Waals surface area contributed by atoms with Crippen LogP contribution in [0.25, 0.3) is 10.6 Å². The quantitative estimate of drug-likeness (QED) is 0.895. The lowest BCUT2D eigenvalue weighted by atomic mass is 10.1. The molecule has 16 heavy (non-hydrogen) atoms. The lowest BCUT2D eigenvalue weighted by Crippen LogP contribution is -1.96. The molecular weight excluding hydrogens is 247 g/mol. The monoisotopic (exact) mass is 256 g/mol. The molecule has 2 rings (SSSR count). The van der Waals surface area contributed by atoms with E-state index in [9.17, 15) is 4.39 Å². The molecule has 1 aromatic heterocycles. The van der Waals surface area contributed by atoms with Gasteiger partial charge in [-0.05, 0) is 24.6 Å². The average molecular weight is 257 g/mol. The maximum Gasteiger partial charge on any atom is 0.126 e. The Morgan fingerprint density at radius 1 is 1.50 bits per heavy atom. The van der Waals surface area contributed by atoms with Gasteiger partial charge in [-0.3, -0.25) is 0 Å². The summed E-state index contributed by atoms with van der Waals surface area (Å²) in [5.74, 6) is -0.274.